The summed E-state index contributed by atoms with van der Waals surface area (Å²) in [5.41, 5.74) is 8.20. The van der Waals surface area contributed by atoms with Gasteiger partial charge in [-0.3, -0.25) is 4.79 Å². The summed E-state index contributed by atoms with van der Waals surface area (Å²) in [6.45, 7) is 0. The molecule has 0 aliphatic carbocycles. The van der Waals surface area contributed by atoms with Crippen LogP contribution in [0.2, 0.25) is 15.1 Å². The summed E-state index contributed by atoms with van der Waals surface area (Å²) in [4.78, 5) is 16.1. The third-order valence-electron chi connectivity index (χ3n) is 3.62. The topological polar surface area (TPSA) is 60.9 Å². The fraction of sp³-hybridized carbons (Fsp3) is 0.0588. The maximum atomic E-state index is 11.7. The highest BCUT2D eigenvalue weighted by Crippen LogP contribution is 2.37. The van der Waals surface area contributed by atoms with Crippen molar-refractivity contribution in [1.82, 2.24) is 9.55 Å². The van der Waals surface area contributed by atoms with Gasteiger partial charge < -0.3 is 10.3 Å². The third-order valence-corrected chi connectivity index (χ3v) is 4.42. The number of primary amides is 1. The Labute approximate surface area is 153 Å². The molecule has 0 fully saturated rings. The van der Waals surface area contributed by atoms with Gasteiger partial charge in [0.05, 0.1) is 16.4 Å². The molecule has 0 spiro atoms. The third kappa shape index (κ3) is 3.00. The second kappa shape index (κ2) is 6.48. The van der Waals surface area contributed by atoms with Gasteiger partial charge in [0, 0.05) is 28.2 Å². The molecule has 3 aromatic rings. The number of amides is 1. The van der Waals surface area contributed by atoms with Gasteiger partial charge in [-0.1, -0.05) is 46.9 Å². The van der Waals surface area contributed by atoms with Gasteiger partial charge in [0.2, 0.25) is 0 Å². The molecule has 0 aliphatic rings. The first-order valence-electron chi connectivity index (χ1n) is 6.96. The quantitative estimate of drug-likeness (QED) is 0.708. The number of halogens is 3. The zero-order chi connectivity index (χ0) is 17.4. The summed E-state index contributed by atoms with van der Waals surface area (Å²) in [6, 6.07) is 12.3. The highest BCUT2D eigenvalue weighted by atomic mass is 35.5. The van der Waals surface area contributed by atoms with Crippen LogP contribution in [0.25, 0.3) is 22.5 Å². The maximum absolute atomic E-state index is 11.7. The lowest BCUT2D eigenvalue weighted by atomic mass is 10.0. The van der Waals surface area contributed by atoms with Crippen LogP contribution in [0.3, 0.4) is 0 Å². The van der Waals surface area contributed by atoms with Crippen molar-refractivity contribution in [3.05, 3.63) is 63.4 Å². The van der Waals surface area contributed by atoms with Gasteiger partial charge in [0.25, 0.3) is 5.91 Å². The fourth-order valence-corrected chi connectivity index (χ4v) is 3.14. The lowest BCUT2D eigenvalue weighted by Gasteiger charge is -2.09. The van der Waals surface area contributed by atoms with Gasteiger partial charge >= 0.3 is 0 Å². The SMILES string of the molecule is Cn1c(C(N)=O)nc(-c2ccc(Cl)cc2)c1-c1ccc(Cl)cc1Cl. The fourth-order valence-electron chi connectivity index (χ4n) is 2.52. The van der Waals surface area contributed by atoms with Crippen LogP contribution in [0.4, 0.5) is 0 Å². The minimum absolute atomic E-state index is 0.140. The van der Waals surface area contributed by atoms with E-state index in [2.05, 4.69) is 4.98 Å². The number of rotatable bonds is 3. The number of benzene rings is 2. The van der Waals surface area contributed by atoms with Crippen molar-refractivity contribution >= 4 is 40.7 Å². The number of carbonyl (C=O) groups is 1. The lowest BCUT2D eigenvalue weighted by Crippen LogP contribution is -2.16. The highest BCUT2D eigenvalue weighted by Gasteiger charge is 2.22. The number of nitrogens with two attached hydrogens (primary N) is 1. The molecular weight excluding hydrogens is 369 g/mol. The van der Waals surface area contributed by atoms with Crippen LogP contribution in [-0.2, 0) is 7.05 Å². The molecule has 0 saturated heterocycles. The van der Waals surface area contributed by atoms with Gasteiger partial charge in [0.15, 0.2) is 5.82 Å². The predicted molar refractivity (Wildman–Crippen MR) is 97.6 cm³/mol. The van der Waals surface area contributed by atoms with Gasteiger partial charge in [-0.05, 0) is 30.3 Å². The smallest absolute Gasteiger partial charge is 0.284 e. The largest absolute Gasteiger partial charge is 0.363 e. The maximum Gasteiger partial charge on any atom is 0.284 e. The molecule has 24 heavy (non-hydrogen) atoms. The summed E-state index contributed by atoms with van der Waals surface area (Å²) < 4.78 is 1.63. The van der Waals surface area contributed by atoms with Crippen LogP contribution in [0.5, 0.6) is 0 Å². The normalized spacial score (nSPS) is 10.8. The minimum Gasteiger partial charge on any atom is -0.363 e. The molecule has 1 heterocycles. The molecule has 0 bridgehead atoms. The molecule has 0 radical (unpaired) electrons. The summed E-state index contributed by atoms with van der Waals surface area (Å²) in [5, 5.41) is 1.58. The molecule has 2 aromatic carbocycles. The van der Waals surface area contributed by atoms with E-state index in [0.29, 0.717) is 32.0 Å². The number of hydrogen-bond acceptors (Lipinski definition) is 2. The lowest BCUT2D eigenvalue weighted by molar-refractivity contribution is 0.0987. The van der Waals surface area contributed by atoms with Gasteiger partial charge in [0.1, 0.15) is 0 Å². The van der Waals surface area contributed by atoms with Crippen molar-refractivity contribution in [3.63, 3.8) is 0 Å². The first kappa shape index (κ1) is 16.8. The van der Waals surface area contributed by atoms with Gasteiger partial charge in [-0.15, -0.1) is 0 Å². The Morgan fingerprint density at radius 2 is 1.67 bits per heavy atom. The van der Waals surface area contributed by atoms with Crippen molar-refractivity contribution in [2.24, 2.45) is 12.8 Å². The first-order chi connectivity index (χ1) is 11.4. The Balaban J connectivity index is 2.30. The number of hydrogen-bond donors (Lipinski definition) is 1. The van der Waals surface area contributed by atoms with Crippen LogP contribution in [0.1, 0.15) is 10.6 Å². The van der Waals surface area contributed by atoms with Crippen LogP contribution in [0.15, 0.2) is 42.5 Å². The van der Waals surface area contributed by atoms with E-state index in [1.54, 1.807) is 41.9 Å². The van der Waals surface area contributed by atoms with Crippen molar-refractivity contribution in [2.75, 3.05) is 0 Å². The monoisotopic (exact) mass is 379 g/mol. The summed E-state index contributed by atoms with van der Waals surface area (Å²) in [5.74, 6) is -0.481. The first-order valence-corrected chi connectivity index (χ1v) is 8.09. The minimum atomic E-state index is -0.621. The van der Waals surface area contributed by atoms with Crippen molar-refractivity contribution in [3.8, 4) is 22.5 Å². The number of imidazole rings is 1. The van der Waals surface area contributed by atoms with Crippen molar-refractivity contribution in [2.45, 2.75) is 0 Å². The molecule has 2 N–H and O–H groups in total. The molecule has 0 aliphatic heterocycles. The molecule has 0 saturated carbocycles. The average Bonchev–Trinajstić information content (AvgIpc) is 2.86. The number of carbonyl (C=O) groups excluding carboxylic acids is 1. The van der Waals surface area contributed by atoms with E-state index in [1.165, 1.54) is 0 Å². The van der Waals surface area contributed by atoms with E-state index < -0.39 is 5.91 Å². The number of nitrogens with zero attached hydrogens (tertiary/aromatic N) is 2. The second-order valence-electron chi connectivity index (χ2n) is 5.19. The molecule has 7 heteroatoms. The Kier molecular flexibility index (Phi) is 4.54. The average molecular weight is 381 g/mol. The second-order valence-corrected chi connectivity index (χ2v) is 6.47. The zero-order valence-corrected chi connectivity index (χ0v) is 14.8. The molecule has 4 nitrogen and oxygen atoms in total. The summed E-state index contributed by atoms with van der Waals surface area (Å²) in [6.07, 6.45) is 0. The molecular formula is C17H12Cl3N3O. The molecule has 122 valence electrons. The van der Waals surface area contributed by atoms with Crippen molar-refractivity contribution in [1.29, 1.82) is 0 Å². The van der Waals surface area contributed by atoms with Gasteiger partial charge in [-0.25, -0.2) is 4.98 Å². The molecule has 1 amide bonds. The van der Waals surface area contributed by atoms with E-state index in [1.807, 2.05) is 12.1 Å². The van der Waals surface area contributed by atoms with E-state index in [-0.39, 0.29) is 5.82 Å². The van der Waals surface area contributed by atoms with Crippen LogP contribution in [-0.4, -0.2) is 15.5 Å². The Hall–Kier alpha value is -2.01. The predicted octanol–water partition coefficient (Wildman–Crippen LogP) is 4.81. The van der Waals surface area contributed by atoms with Crippen LogP contribution >= 0.6 is 34.8 Å². The Bertz CT molecular complexity index is 933. The molecule has 0 unspecified atom stereocenters. The van der Waals surface area contributed by atoms with E-state index in [9.17, 15) is 4.79 Å². The Morgan fingerprint density at radius 3 is 2.25 bits per heavy atom. The summed E-state index contributed by atoms with van der Waals surface area (Å²) in [7, 11) is 1.72. The molecule has 1 aromatic heterocycles. The van der Waals surface area contributed by atoms with Crippen LogP contribution in [0, 0.1) is 0 Å². The van der Waals surface area contributed by atoms with Crippen LogP contribution < -0.4 is 5.73 Å². The summed E-state index contributed by atoms with van der Waals surface area (Å²) >= 11 is 18.3. The number of aromatic nitrogens is 2. The van der Waals surface area contributed by atoms with Crippen molar-refractivity contribution < 1.29 is 4.79 Å². The van der Waals surface area contributed by atoms with Gasteiger partial charge in [-0.2, -0.15) is 0 Å². The molecule has 3 rings (SSSR count). The van der Waals surface area contributed by atoms with E-state index in [0.717, 1.165) is 5.56 Å². The standard InChI is InChI=1S/C17H12Cl3N3O/c1-23-15(12-7-6-11(19)8-13(12)20)14(22-17(23)16(21)24)9-2-4-10(18)5-3-9/h2-8H,1H3,(H2,21,24). The van der Waals surface area contributed by atoms with E-state index >= 15 is 0 Å². The zero-order valence-electron chi connectivity index (χ0n) is 12.6. The Morgan fingerprint density at radius 1 is 1.04 bits per heavy atom. The highest BCUT2D eigenvalue weighted by molar-refractivity contribution is 6.36. The molecule has 0 atom stereocenters. The van der Waals surface area contributed by atoms with E-state index in [4.69, 9.17) is 40.5 Å².